The van der Waals surface area contributed by atoms with Gasteiger partial charge in [0.2, 0.25) is 0 Å². The number of amides is 1. The van der Waals surface area contributed by atoms with Gasteiger partial charge in [0.15, 0.2) is 0 Å². The van der Waals surface area contributed by atoms with Gasteiger partial charge in [0, 0.05) is 13.0 Å². The van der Waals surface area contributed by atoms with Crippen LogP contribution in [0.4, 0.5) is 0 Å². The molecule has 7 heteroatoms. The van der Waals surface area contributed by atoms with Crippen molar-refractivity contribution < 1.29 is 19.8 Å². The summed E-state index contributed by atoms with van der Waals surface area (Å²) in [6.45, 7) is 1.94. The number of halogens is 1. The Bertz CT molecular complexity index is 482. The lowest BCUT2D eigenvalue weighted by molar-refractivity contribution is -0.141. The molecule has 18 heavy (non-hydrogen) atoms. The van der Waals surface area contributed by atoms with Crippen molar-refractivity contribution in [1.82, 2.24) is 4.90 Å². The van der Waals surface area contributed by atoms with E-state index in [1.807, 2.05) is 6.92 Å². The fourth-order valence-corrected chi connectivity index (χ4v) is 3.47. The van der Waals surface area contributed by atoms with Crippen molar-refractivity contribution in [2.24, 2.45) is 0 Å². The molecule has 1 fully saturated rings. The summed E-state index contributed by atoms with van der Waals surface area (Å²) >= 11 is 4.61. The van der Waals surface area contributed by atoms with Crippen LogP contribution in [-0.4, -0.2) is 45.7 Å². The number of aryl methyl sites for hydroxylation is 1. The number of thiophene rings is 1. The van der Waals surface area contributed by atoms with E-state index in [0.717, 1.165) is 9.35 Å². The summed E-state index contributed by atoms with van der Waals surface area (Å²) in [6.07, 6.45) is -0.674. The average Bonchev–Trinajstić information content (AvgIpc) is 2.82. The standard InChI is InChI=1S/C11H12BrNO4S/c1-5-2-8(18-9(5)12)10(15)13-4-6(14)3-7(13)11(16)17/h2,6-7,14H,3-4H2,1H3,(H,16,17). The van der Waals surface area contributed by atoms with Crippen LogP contribution in [0.25, 0.3) is 0 Å². The average molecular weight is 334 g/mol. The fraction of sp³-hybridized carbons (Fsp3) is 0.455. The second-order valence-electron chi connectivity index (χ2n) is 4.27. The third-order valence-electron chi connectivity index (χ3n) is 2.89. The van der Waals surface area contributed by atoms with E-state index in [0.29, 0.717) is 4.88 Å². The molecule has 1 aliphatic rings. The highest BCUT2D eigenvalue weighted by Gasteiger charge is 2.39. The lowest BCUT2D eigenvalue weighted by Gasteiger charge is -2.20. The van der Waals surface area contributed by atoms with Crippen LogP contribution in [0.1, 0.15) is 21.7 Å². The van der Waals surface area contributed by atoms with E-state index in [9.17, 15) is 14.7 Å². The summed E-state index contributed by atoms with van der Waals surface area (Å²) in [7, 11) is 0. The Morgan fingerprint density at radius 2 is 2.22 bits per heavy atom. The fourth-order valence-electron chi connectivity index (χ4n) is 1.98. The van der Waals surface area contributed by atoms with Gasteiger partial charge in [0.1, 0.15) is 6.04 Å². The van der Waals surface area contributed by atoms with Crippen molar-refractivity contribution in [2.75, 3.05) is 6.54 Å². The summed E-state index contributed by atoms with van der Waals surface area (Å²) < 4.78 is 0.859. The van der Waals surface area contributed by atoms with Gasteiger partial charge in [-0.15, -0.1) is 11.3 Å². The molecular weight excluding hydrogens is 322 g/mol. The molecule has 0 bridgehead atoms. The van der Waals surface area contributed by atoms with E-state index in [1.54, 1.807) is 6.07 Å². The van der Waals surface area contributed by atoms with Crippen molar-refractivity contribution in [2.45, 2.75) is 25.5 Å². The van der Waals surface area contributed by atoms with Crippen LogP contribution in [0.5, 0.6) is 0 Å². The molecule has 0 radical (unpaired) electrons. The smallest absolute Gasteiger partial charge is 0.326 e. The predicted molar refractivity (Wildman–Crippen MR) is 69.8 cm³/mol. The Morgan fingerprint density at radius 3 is 2.72 bits per heavy atom. The van der Waals surface area contributed by atoms with Crippen LogP contribution in [0.3, 0.4) is 0 Å². The SMILES string of the molecule is Cc1cc(C(=O)N2CC(O)CC2C(=O)O)sc1Br. The van der Waals surface area contributed by atoms with Gasteiger partial charge in [-0.1, -0.05) is 0 Å². The number of rotatable bonds is 2. The highest BCUT2D eigenvalue weighted by molar-refractivity contribution is 9.11. The number of aliphatic hydroxyl groups excluding tert-OH is 1. The monoisotopic (exact) mass is 333 g/mol. The molecule has 0 aromatic carbocycles. The minimum Gasteiger partial charge on any atom is -0.480 e. The first-order chi connectivity index (χ1) is 8.40. The molecule has 2 atom stereocenters. The van der Waals surface area contributed by atoms with E-state index in [1.165, 1.54) is 16.2 Å². The van der Waals surface area contributed by atoms with Crippen molar-refractivity contribution in [1.29, 1.82) is 0 Å². The molecule has 1 saturated heterocycles. The number of carboxylic acids is 1. The van der Waals surface area contributed by atoms with Crippen molar-refractivity contribution in [3.05, 3.63) is 20.3 Å². The molecule has 1 amide bonds. The van der Waals surface area contributed by atoms with Crippen LogP contribution in [0, 0.1) is 6.92 Å². The summed E-state index contributed by atoms with van der Waals surface area (Å²) in [6, 6.07) is 0.787. The first kappa shape index (κ1) is 13.5. The molecule has 1 aromatic heterocycles. The number of aliphatic hydroxyl groups is 1. The molecule has 1 aliphatic heterocycles. The van der Waals surface area contributed by atoms with E-state index in [4.69, 9.17) is 5.11 Å². The van der Waals surface area contributed by atoms with Crippen LogP contribution in [0.15, 0.2) is 9.85 Å². The molecule has 2 rings (SSSR count). The first-order valence-corrected chi connectivity index (χ1v) is 6.99. The van der Waals surface area contributed by atoms with Crippen LogP contribution in [-0.2, 0) is 4.79 Å². The highest BCUT2D eigenvalue weighted by Crippen LogP contribution is 2.30. The number of carboxylic acid groups (broad SMARTS) is 1. The number of nitrogens with zero attached hydrogens (tertiary/aromatic N) is 1. The van der Waals surface area contributed by atoms with Gasteiger partial charge in [-0.2, -0.15) is 0 Å². The first-order valence-electron chi connectivity index (χ1n) is 5.38. The summed E-state index contributed by atoms with van der Waals surface area (Å²) in [5.41, 5.74) is 0.940. The summed E-state index contributed by atoms with van der Waals surface area (Å²) in [5, 5.41) is 18.6. The molecule has 2 N–H and O–H groups in total. The maximum absolute atomic E-state index is 12.2. The van der Waals surface area contributed by atoms with Crippen LogP contribution >= 0.6 is 27.3 Å². The maximum atomic E-state index is 12.2. The second-order valence-corrected chi connectivity index (χ2v) is 6.64. The summed E-state index contributed by atoms with van der Waals surface area (Å²) in [5.74, 6) is -1.41. The number of β-amino-alcohol motifs (C(OH)–C–C–N with tert-alkyl or cyclic N) is 1. The largest absolute Gasteiger partial charge is 0.480 e. The molecule has 0 aliphatic carbocycles. The van der Waals surface area contributed by atoms with Gasteiger partial charge < -0.3 is 15.1 Å². The number of carbonyl (C=O) groups is 2. The lowest BCUT2D eigenvalue weighted by Crippen LogP contribution is -2.40. The Labute approximate surface area is 116 Å². The third kappa shape index (κ3) is 2.43. The number of carbonyl (C=O) groups excluding carboxylic acids is 1. The van der Waals surface area contributed by atoms with Gasteiger partial charge in [-0.25, -0.2) is 4.79 Å². The molecule has 1 aromatic rings. The number of aliphatic carboxylic acids is 1. The number of hydrogen-bond donors (Lipinski definition) is 2. The number of hydrogen-bond acceptors (Lipinski definition) is 4. The quantitative estimate of drug-likeness (QED) is 0.859. The zero-order valence-electron chi connectivity index (χ0n) is 9.59. The van der Waals surface area contributed by atoms with Crippen molar-refractivity contribution in [3.8, 4) is 0 Å². The van der Waals surface area contributed by atoms with Crippen LogP contribution in [0.2, 0.25) is 0 Å². The highest BCUT2D eigenvalue weighted by atomic mass is 79.9. The second kappa shape index (κ2) is 4.99. The Kier molecular flexibility index (Phi) is 3.74. The molecule has 98 valence electrons. The van der Waals surface area contributed by atoms with E-state index < -0.39 is 18.1 Å². The third-order valence-corrected chi connectivity index (χ3v) is 5.02. The van der Waals surface area contributed by atoms with Crippen molar-refractivity contribution in [3.63, 3.8) is 0 Å². The van der Waals surface area contributed by atoms with Gasteiger partial charge in [0.25, 0.3) is 5.91 Å². The predicted octanol–water partition coefficient (Wildman–Crippen LogP) is 1.48. The zero-order valence-corrected chi connectivity index (χ0v) is 12.0. The Morgan fingerprint density at radius 1 is 1.56 bits per heavy atom. The van der Waals surface area contributed by atoms with Gasteiger partial charge in [-0.3, -0.25) is 4.79 Å². The molecule has 0 saturated carbocycles. The Hall–Kier alpha value is -0.920. The normalized spacial score (nSPS) is 23.4. The molecular formula is C11H12BrNO4S. The molecule has 5 nitrogen and oxygen atoms in total. The Balaban J connectivity index is 2.25. The minimum absolute atomic E-state index is 0.0738. The van der Waals surface area contributed by atoms with E-state index >= 15 is 0 Å². The van der Waals surface area contributed by atoms with Gasteiger partial charge in [0.05, 0.1) is 14.8 Å². The molecule has 2 heterocycles. The molecule has 2 unspecified atom stereocenters. The lowest BCUT2D eigenvalue weighted by atomic mass is 10.2. The maximum Gasteiger partial charge on any atom is 0.326 e. The van der Waals surface area contributed by atoms with E-state index in [2.05, 4.69) is 15.9 Å². The van der Waals surface area contributed by atoms with Gasteiger partial charge >= 0.3 is 5.97 Å². The topological polar surface area (TPSA) is 77.8 Å². The van der Waals surface area contributed by atoms with Crippen LogP contribution < -0.4 is 0 Å². The zero-order chi connectivity index (χ0) is 13.4. The van der Waals surface area contributed by atoms with Gasteiger partial charge in [-0.05, 0) is 34.5 Å². The van der Waals surface area contributed by atoms with E-state index in [-0.39, 0.29) is 18.9 Å². The van der Waals surface area contributed by atoms with Crippen molar-refractivity contribution >= 4 is 39.1 Å². The number of likely N-dealkylation sites (tertiary alicyclic amines) is 1. The summed E-state index contributed by atoms with van der Waals surface area (Å²) in [4.78, 5) is 25.0. The molecule has 0 spiro atoms. The minimum atomic E-state index is -1.08.